The molecule has 0 unspecified atom stereocenters. The number of likely N-dealkylation sites (N-methyl/N-ethyl adjacent to an activating group) is 1. The minimum atomic E-state index is -1.75. The van der Waals surface area contributed by atoms with E-state index in [0.717, 1.165) is 0 Å². The summed E-state index contributed by atoms with van der Waals surface area (Å²) in [5.41, 5.74) is 18.2. The van der Waals surface area contributed by atoms with Crippen molar-refractivity contribution in [2.24, 2.45) is 28.1 Å². The van der Waals surface area contributed by atoms with Gasteiger partial charge in [-0.05, 0) is 81.9 Å². The summed E-state index contributed by atoms with van der Waals surface area (Å²) < 4.78 is 0. The SMILES string of the molecule is CC(C)C[C@@H]1NC(=O)[C@H](CC(=O)O)NC(=O)CNC(=O)[C@H](CCCN=C(N)N)NC(=O)[C@H](Cc2ccccc2)NC(=O)[C@H](CCCCN)N(C)C(=O)[C@H]2CCCN2C(=O)[C@H](Cc2ccccc2)NC(=O)[C@H](C)NC1=O. The van der Waals surface area contributed by atoms with Gasteiger partial charge in [0.1, 0.15) is 48.3 Å². The van der Waals surface area contributed by atoms with Crippen molar-refractivity contribution in [3.05, 3.63) is 71.8 Å². The van der Waals surface area contributed by atoms with Gasteiger partial charge in [0.15, 0.2) is 5.96 Å². The van der Waals surface area contributed by atoms with E-state index in [4.69, 9.17) is 17.2 Å². The van der Waals surface area contributed by atoms with E-state index < -0.39 is 120 Å². The van der Waals surface area contributed by atoms with E-state index in [2.05, 4.69) is 42.2 Å². The van der Waals surface area contributed by atoms with Crippen molar-refractivity contribution in [2.75, 3.05) is 33.2 Å². The highest BCUT2D eigenvalue weighted by molar-refractivity contribution is 5.99. The molecule has 0 bridgehead atoms. The first-order valence-electron chi connectivity index (χ1n) is 25.4. The van der Waals surface area contributed by atoms with Crippen LogP contribution >= 0.6 is 0 Å². The maximum atomic E-state index is 14.7. The zero-order valence-corrected chi connectivity index (χ0v) is 43.2. The Labute approximate surface area is 436 Å². The van der Waals surface area contributed by atoms with Crippen molar-refractivity contribution in [1.29, 1.82) is 0 Å². The van der Waals surface area contributed by atoms with Crippen molar-refractivity contribution < 1.29 is 53.1 Å². The molecule has 75 heavy (non-hydrogen) atoms. The molecule has 0 aliphatic carbocycles. The van der Waals surface area contributed by atoms with Crippen molar-refractivity contribution >= 4 is 65.1 Å². The number of carboxylic acids is 1. The van der Waals surface area contributed by atoms with Crippen molar-refractivity contribution in [3.63, 3.8) is 0 Å². The first-order chi connectivity index (χ1) is 35.7. The lowest BCUT2D eigenvalue weighted by Gasteiger charge is -2.35. The molecule has 2 aliphatic rings. The molecule has 2 heterocycles. The van der Waals surface area contributed by atoms with Crippen LogP contribution < -0.4 is 54.4 Å². The van der Waals surface area contributed by atoms with E-state index in [1.54, 1.807) is 74.5 Å². The van der Waals surface area contributed by atoms with E-state index >= 15 is 0 Å². The summed E-state index contributed by atoms with van der Waals surface area (Å²) in [5, 5.41) is 27.8. The van der Waals surface area contributed by atoms with Crippen LogP contribution in [-0.2, 0) is 60.8 Å². The maximum absolute atomic E-state index is 14.7. The van der Waals surface area contributed by atoms with Crippen LogP contribution in [0.1, 0.15) is 89.7 Å². The van der Waals surface area contributed by atoms with Gasteiger partial charge in [-0.1, -0.05) is 74.5 Å². The second-order valence-electron chi connectivity index (χ2n) is 19.3. The number of guanidine groups is 1. The van der Waals surface area contributed by atoms with Gasteiger partial charge in [0, 0.05) is 33.0 Å². The molecule has 9 amide bonds. The highest BCUT2D eigenvalue weighted by Gasteiger charge is 2.42. The van der Waals surface area contributed by atoms with Crippen LogP contribution in [-0.4, -0.2) is 162 Å². The molecule has 4 rings (SSSR count). The van der Waals surface area contributed by atoms with Crippen LogP contribution in [0, 0.1) is 5.92 Å². The molecule has 2 saturated heterocycles. The number of carboxylic acid groups (broad SMARTS) is 1. The van der Waals surface area contributed by atoms with Crippen molar-refractivity contribution in [3.8, 4) is 0 Å². The maximum Gasteiger partial charge on any atom is 0.305 e. The summed E-state index contributed by atoms with van der Waals surface area (Å²) in [6.07, 6.45) is 0.745. The number of benzene rings is 2. The molecule has 8 atom stereocenters. The van der Waals surface area contributed by atoms with Crippen LogP contribution in [0.5, 0.6) is 0 Å². The summed E-state index contributed by atoms with van der Waals surface area (Å²) in [6.45, 7) is 4.57. The molecule has 2 aromatic rings. The largest absolute Gasteiger partial charge is 0.481 e. The smallest absolute Gasteiger partial charge is 0.305 e. The second kappa shape index (κ2) is 29.9. The Morgan fingerprint density at radius 2 is 1.25 bits per heavy atom. The minimum absolute atomic E-state index is 0.00469. The van der Waals surface area contributed by atoms with Crippen LogP contribution in [0.3, 0.4) is 0 Å². The molecule has 0 aromatic heterocycles. The third-order valence-corrected chi connectivity index (χ3v) is 12.8. The first kappa shape index (κ1) is 59.9. The number of hydrogen-bond acceptors (Lipinski definition) is 12. The molecule has 410 valence electrons. The van der Waals surface area contributed by atoms with Gasteiger partial charge in [0.2, 0.25) is 53.2 Å². The number of aliphatic carboxylic acids is 1. The van der Waals surface area contributed by atoms with E-state index in [1.807, 2.05) is 0 Å². The highest BCUT2D eigenvalue weighted by Crippen LogP contribution is 2.24. The number of nitrogens with two attached hydrogens (primary N) is 3. The number of nitrogens with one attached hydrogen (secondary N) is 7. The van der Waals surface area contributed by atoms with E-state index in [0.29, 0.717) is 30.4 Å². The summed E-state index contributed by atoms with van der Waals surface area (Å²) in [7, 11) is 1.44. The minimum Gasteiger partial charge on any atom is -0.481 e. The number of unbranched alkanes of at least 4 members (excludes halogenated alkanes) is 1. The number of rotatable bonds is 16. The monoisotopic (exact) mass is 1050 g/mol. The molecule has 24 heteroatoms. The Hall–Kier alpha value is -7.63. The third-order valence-electron chi connectivity index (χ3n) is 12.8. The molecule has 14 N–H and O–H groups in total. The van der Waals surface area contributed by atoms with Gasteiger partial charge in [0.05, 0.1) is 13.0 Å². The quantitative estimate of drug-likeness (QED) is 0.0495. The average Bonchev–Trinajstić information content (AvgIpc) is 3.86. The van der Waals surface area contributed by atoms with Crippen LogP contribution in [0.25, 0.3) is 0 Å². The summed E-state index contributed by atoms with van der Waals surface area (Å²) in [5.74, 6) is -9.13. The Kier molecular flexibility index (Phi) is 23.9. The van der Waals surface area contributed by atoms with E-state index in [-0.39, 0.29) is 76.5 Å². The third kappa shape index (κ3) is 19.3. The Morgan fingerprint density at radius 1 is 0.680 bits per heavy atom. The molecular formula is C51H75N13O11. The molecule has 0 spiro atoms. The van der Waals surface area contributed by atoms with Crippen molar-refractivity contribution in [2.45, 2.75) is 140 Å². The normalized spacial score (nSPS) is 24.4. The molecule has 0 radical (unpaired) electrons. The molecule has 24 nitrogen and oxygen atoms in total. The molecule has 2 aromatic carbocycles. The number of amides is 9. The van der Waals surface area contributed by atoms with E-state index in [9.17, 15) is 53.1 Å². The lowest BCUT2D eigenvalue weighted by Crippen LogP contribution is -2.60. The fourth-order valence-electron chi connectivity index (χ4n) is 8.85. The topological polar surface area (TPSA) is 372 Å². The van der Waals surface area contributed by atoms with Gasteiger partial charge in [-0.15, -0.1) is 0 Å². The molecular weight excluding hydrogens is 971 g/mol. The molecule has 2 aliphatic heterocycles. The van der Waals surface area contributed by atoms with Gasteiger partial charge >= 0.3 is 5.97 Å². The van der Waals surface area contributed by atoms with Gasteiger partial charge in [-0.2, -0.15) is 0 Å². The predicted octanol–water partition coefficient (Wildman–Crippen LogP) is -1.95. The lowest BCUT2D eigenvalue weighted by molar-refractivity contribution is -0.148. The number of carbonyl (C=O) groups is 10. The number of aliphatic imine (C=N–C) groups is 1. The number of carbonyl (C=O) groups excluding carboxylic acids is 9. The number of nitrogens with zero attached hydrogens (tertiary/aromatic N) is 3. The molecule has 2 fully saturated rings. The van der Waals surface area contributed by atoms with Crippen LogP contribution in [0.15, 0.2) is 65.7 Å². The van der Waals surface area contributed by atoms with Gasteiger partial charge in [0.25, 0.3) is 0 Å². The average molecular weight is 1050 g/mol. The van der Waals surface area contributed by atoms with Crippen LogP contribution in [0.2, 0.25) is 0 Å². The summed E-state index contributed by atoms with van der Waals surface area (Å²) >= 11 is 0. The van der Waals surface area contributed by atoms with Gasteiger partial charge in [-0.3, -0.25) is 52.9 Å². The fourth-order valence-corrected chi connectivity index (χ4v) is 8.85. The first-order valence-corrected chi connectivity index (χ1v) is 25.4. The molecule has 0 saturated carbocycles. The lowest BCUT2D eigenvalue weighted by atomic mass is 10.0. The summed E-state index contributed by atoms with van der Waals surface area (Å²) in [6, 6.07) is 6.97. The zero-order valence-electron chi connectivity index (χ0n) is 43.2. The Bertz CT molecular complexity index is 2330. The standard InChI is InChI=1S/C51H75N13O11/c1-30(2)25-35-45(70)57-31(3)43(68)62-38(27-33-17-9-6-10-18-33)49(74)64-24-14-21-40(64)50(75)63(4)39(20-11-12-22-52)48(73)61-36(26-32-15-7-5-8-16-32)46(71)59-34(19-13-23-55-51(53)54)44(69)56-29-41(65)58-37(28-42(66)67)47(72)60-35/h5-10,15-18,30-31,34-40H,11-14,19-29,52H2,1-4H3,(H,56,69)(H,57,70)(H,58,65)(H,59,71)(H,60,72)(H,61,73)(H,62,68)(H,66,67)(H4,53,54,55)/t31-,34-,35-,36-,37-,38-,39-,40+/m0/s1. The van der Waals surface area contributed by atoms with Crippen LogP contribution in [0.4, 0.5) is 0 Å². The second-order valence-corrected chi connectivity index (χ2v) is 19.3. The Balaban J connectivity index is 1.81. The fraction of sp³-hybridized carbons (Fsp3) is 0.549. The number of fused-ring (bicyclic) bond motifs is 1. The highest BCUT2D eigenvalue weighted by atomic mass is 16.4. The van der Waals surface area contributed by atoms with E-state index in [1.165, 1.54) is 23.8 Å². The van der Waals surface area contributed by atoms with Gasteiger partial charge in [-0.25, -0.2) is 0 Å². The number of hydrogen-bond donors (Lipinski definition) is 11. The zero-order chi connectivity index (χ0) is 55.2. The Morgan fingerprint density at radius 3 is 1.85 bits per heavy atom. The van der Waals surface area contributed by atoms with Crippen molar-refractivity contribution in [1.82, 2.24) is 47.0 Å². The predicted molar refractivity (Wildman–Crippen MR) is 276 cm³/mol. The van der Waals surface area contributed by atoms with Gasteiger partial charge < -0.3 is 69.3 Å². The summed E-state index contributed by atoms with van der Waals surface area (Å²) in [4.78, 5) is 146.